The van der Waals surface area contributed by atoms with Crippen LogP contribution >= 0.6 is 23.8 Å². The molecule has 4 atom stereocenters. The smallest absolute Gasteiger partial charge is 0.323 e. The highest BCUT2D eigenvalue weighted by Crippen LogP contribution is 2.42. The molecule has 0 aromatic heterocycles. The summed E-state index contributed by atoms with van der Waals surface area (Å²) in [6, 6.07) is 6.94. The number of hydrogen-bond acceptors (Lipinski definition) is 4. The molecule has 1 N–H and O–H groups in total. The predicted molar refractivity (Wildman–Crippen MR) is 127 cm³/mol. The maximum absolute atomic E-state index is 12.9. The quantitative estimate of drug-likeness (QED) is 0.250. The van der Waals surface area contributed by atoms with Crippen LogP contribution in [0.5, 0.6) is 0 Å². The van der Waals surface area contributed by atoms with E-state index >= 15 is 0 Å². The van der Waals surface area contributed by atoms with Gasteiger partial charge in [-0.15, -0.1) is 0 Å². The number of β-lactam (4-membered cyclic amide) rings is 1. The Morgan fingerprint density at radius 1 is 1.27 bits per heavy atom. The summed E-state index contributed by atoms with van der Waals surface area (Å²) in [7, 11) is -2.09. The molecule has 1 fully saturated rings. The Kier molecular flexibility index (Phi) is 7.55. The maximum Gasteiger partial charge on any atom is 0.323 e. The molecule has 5 nitrogen and oxygen atoms in total. The number of hydrogen-bond donors (Lipinski definition) is 1. The SMILES string of the molecule is C[C@@H](O[Si](C)(C)C(C)(C)C)[C@H]1C(=O)N(CC(=O)O)[C@@H]1[C@@H](C)C(=S)c1ccc(Cl)cc1. The molecule has 30 heavy (non-hydrogen) atoms. The third-order valence-corrected chi connectivity index (χ3v) is 11.9. The summed E-state index contributed by atoms with van der Waals surface area (Å²) in [6.07, 6.45) is -0.316. The lowest BCUT2D eigenvalue weighted by atomic mass is 9.74. The number of aliphatic carboxylic acids is 1. The first-order valence-electron chi connectivity index (χ1n) is 10.2. The van der Waals surface area contributed by atoms with Crippen LogP contribution in [0.2, 0.25) is 23.2 Å². The minimum Gasteiger partial charge on any atom is -0.480 e. The number of benzene rings is 1. The molecule has 1 saturated heterocycles. The summed E-state index contributed by atoms with van der Waals surface area (Å²) < 4.78 is 6.49. The van der Waals surface area contributed by atoms with Crippen LogP contribution in [0.3, 0.4) is 0 Å². The molecule has 0 unspecified atom stereocenters. The van der Waals surface area contributed by atoms with E-state index in [9.17, 15) is 14.7 Å². The van der Waals surface area contributed by atoms with Crippen molar-refractivity contribution in [1.82, 2.24) is 4.90 Å². The maximum atomic E-state index is 12.9. The van der Waals surface area contributed by atoms with Gasteiger partial charge < -0.3 is 14.4 Å². The fraction of sp³-hybridized carbons (Fsp3) is 0.591. The van der Waals surface area contributed by atoms with Gasteiger partial charge in [0.25, 0.3) is 0 Å². The van der Waals surface area contributed by atoms with Gasteiger partial charge in [-0.3, -0.25) is 9.59 Å². The summed E-state index contributed by atoms with van der Waals surface area (Å²) >= 11 is 11.7. The van der Waals surface area contributed by atoms with E-state index in [2.05, 4.69) is 33.9 Å². The third-order valence-electron chi connectivity index (χ3n) is 6.45. The summed E-state index contributed by atoms with van der Waals surface area (Å²) in [5.74, 6) is -1.83. The number of thiocarbonyl (C=S) groups is 1. The minimum atomic E-state index is -2.09. The highest BCUT2D eigenvalue weighted by Gasteiger charge is 2.55. The summed E-state index contributed by atoms with van der Waals surface area (Å²) in [5, 5.41) is 9.93. The topological polar surface area (TPSA) is 66.8 Å². The number of carbonyl (C=O) groups excluding carboxylic acids is 1. The molecule has 0 saturated carbocycles. The molecule has 0 radical (unpaired) electrons. The van der Waals surface area contributed by atoms with Crippen LogP contribution in [-0.4, -0.2) is 53.8 Å². The molecule has 1 amide bonds. The molecule has 1 aliphatic rings. The fourth-order valence-electron chi connectivity index (χ4n) is 3.73. The van der Waals surface area contributed by atoms with E-state index < -0.39 is 20.2 Å². The average Bonchev–Trinajstić information content (AvgIpc) is 2.61. The average molecular weight is 470 g/mol. The van der Waals surface area contributed by atoms with Crippen LogP contribution in [0.4, 0.5) is 0 Å². The van der Waals surface area contributed by atoms with E-state index in [0.717, 1.165) is 5.56 Å². The summed E-state index contributed by atoms with van der Waals surface area (Å²) in [5.41, 5.74) is 0.855. The van der Waals surface area contributed by atoms with Crippen molar-refractivity contribution in [3.63, 3.8) is 0 Å². The standard InChI is InChI=1S/C22H32ClNO4SSi/c1-13(20(29)15-8-10-16(23)11-9-15)19-18(21(27)24(19)12-17(25)26)14(2)28-30(6,7)22(3,4)5/h8-11,13-14,18-19H,12H2,1-7H3,(H,25,26)/t13-,14-,18-,19-/m1/s1. The first kappa shape index (κ1) is 25.0. The summed E-state index contributed by atoms with van der Waals surface area (Å²) in [6.45, 7) is 14.3. The summed E-state index contributed by atoms with van der Waals surface area (Å²) in [4.78, 5) is 26.4. The van der Waals surface area contributed by atoms with Crippen LogP contribution in [0.15, 0.2) is 24.3 Å². The molecule has 1 heterocycles. The first-order chi connectivity index (χ1) is 13.7. The van der Waals surface area contributed by atoms with Gasteiger partial charge in [0.05, 0.1) is 18.1 Å². The van der Waals surface area contributed by atoms with E-state index in [1.54, 1.807) is 12.1 Å². The van der Waals surface area contributed by atoms with Crippen LogP contribution in [-0.2, 0) is 14.0 Å². The van der Waals surface area contributed by atoms with Gasteiger partial charge >= 0.3 is 5.97 Å². The predicted octanol–water partition coefficient (Wildman–Crippen LogP) is 5.02. The van der Waals surface area contributed by atoms with Gasteiger partial charge in [-0.25, -0.2) is 0 Å². The van der Waals surface area contributed by atoms with Crippen molar-refractivity contribution < 1.29 is 19.1 Å². The Morgan fingerprint density at radius 3 is 2.27 bits per heavy atom. The van der Waals surface area contributed by atoms with E-state index in [1.807, 2.05) is 26.0 Å². The number of nitrogens with zero attached hydrogens (tertiary/aromatic N) is 1. The van der Waals surface area contributed by atoms with Gasteiger partial charge in [-0.2, -0.15) is 0 Å². The van der Waals surface area contributed by atoms with E-state index in [4.69, 9.17) is 28.2 Å². The normalized spacial score (nSPS) is 21.7. The van der Waals surface area contributed by atoms with Gasteiger partial charge in [-0.05, 0) is 42.8 Å². The zero-order valence-corrected chi connectivity index (χ0v) is 21.3. The number of carboxylic acid groups (broad SMARTS) is 1. The van der Waals surface area contributed by atoms with Crippen LogP contribution in [0.1, 0.15) is 40.2 Å². The van der Waals surface area contributed by atoms with Crippen molar-refractivity contribution in [3.05, 3.63) is 34.9 Å². The highest BCUT2D eigenvalue weighted by atomic mass is 35.5. The molecule has 0 spiro atoms. The van der Waals surface area contributed by atoms with Gasteiger partial charge in [0, 0.05) is 15.8 Å². The Bertz CT molecular complexity index is 821. The number of likely N-dealkylation sites (tertiary alicyclic amines) is 1. The van der Waals surface area contributed by atoms with Crippen molar-refractivity contribution in [2.75, 3.05) is 6.54 Å². The molecular weight excluding hydrogens is 438 g/mol. The lowest BCUT2D eigenvalue weighted by Crippen LogP contribution is -2.69. The number of carbonyl (C=O) groups is 2. The second-order valence-corrected chi connectivity index (χ2v) is 15.3. The van der Waals surface area contributed by atoms with Crippen molar-refractivity contribution in [1.29, 1.82) is 0 Å². The van der Waals surface area contributed by atoms with Gasteiger partial charge in [0.2, 0.25) is 5.91 Å². The first-order valence-corrected chi connectivity index (χ1v) is 13.9. The number of halogens is 1. The lowest BCUT2D eigenvalue weighted by Gasteiger charge is -2.53. The molecule has 1 aromatic carbocycles. The second kappa shape index (κ2) is 9.07. The van der Waals surface area contributed by atoms with Crippen molar-refractivity contribution >= 4 is 48.9 Å². The molecular formula is C22H32ClNO4SSi. The van der Waals surface area contributed by atoms with Crippen molar-refractivity contribution in [3.8, 4) is 0 Å². The van der Waals surface area contributed by atoms with Gasteiger partial charge in [-0.1, -0.05) is 63.6 Å². The minimum absolute atomic E-state index is 0.00846. The number of amides is 1. The molecule has 1 aliphatic heterocycles. The molecule has 8 heteroatoms. The zero-order valence-electron chi connectivity index (χ0n) is 18.7. The number of rotatable bonds is 8. The van der Waals surface area contributed by atoms with E-state index in [0.29, 0.717) is 9.89 Å². The third kappa shape index (κ3) is 5.13. The molecule has 0 aliphatic carbocycles. The lowest BCUT2D eigenvalue weighted by molar-refractivity contribution is -0.170. The van der Waals surface area contributed by atoms with E-state index in [-0.39, 0.29) is 35.6 Å². The van der Waals surface area contributed by atoms with Crippen LogP contribution < -0.4 is 0 Å². The molecule has 2 rings (SSSR count). The van der Waals surface area contributed by atoms with Gasteiger partial charge in [0.1, 0.15) is 6.54 Å². The van der Waals surface area contributed by atoms with E-state index in [1.165, 1.54) is 4.90 Å². The van der Waals surface area contributed by atoms with Crippen LogP contribution in [0, 0.1) is 11.8 Å². The molecule has 0 bridgehead atoms. The second-order valence-electron chi connectivity index (χ2n) is 9.62. The Labute approximate surface area is 190 Å². The Balaban J connectivity index is 2.30. The molecule has 1 aromatic rings. The Hall–Kier alpha value is -1.28. The number of carboxylic acids is 1. The Morgan fingerprint density at radius 2 is 1.80 bits per heavy atom. The monoisotopic (exact) mass is 469 g/mol. The highest BCUT2D eigenvalue weighted by molar-refractivity contribution is 7.80. The van der Waals surface area contributed by atoms with Crippen LogP contribution in [0.25, 0.3) is 0 Å². The zero-order chi connectivity index (χ0) is 23.0. The van der Waals surface area contributed by atoms with Crippen molar-refractivity contribution in [2.45, 2.75) is 64.9 Å². The van der Waals surface area contributed by atoms with Crippen molar-refractivity contribution in [2.24, 2.45) is 11.8 Å². The largest absolute Gasteiger partial charge is 0.480 e. The molecule has 166 valence electrons. The fourth-order valence-corrected chi connectivity index (χ4v) is 5.56. The van der Waals surface area contributed by atoms with Gasteiger partial charge in [0.15, 0.2) is 8.32 Å².